The van der Waals surface area contributed by atoms with Crippen LogP contribution >= 0.6 is 15.9 Å². The molecule has 0 heterocycles. The van der Waals surface area contributed by atoms with E-state index in [1.54, 1.807) is 49.6 Å². The summed E-state index contributed by atoms with van der Waals surface area (Å²) >= 11 is 3.39. The van der Waals surface area contributed by atoms with Gasteiger partial charge in [-0.3, -0.25) is 4.79 Å². The summed E-state index contributed by atoms with van der Waals surface area (Å²) in [4.78, 5) is 12.6. The summed E-state index contributed by atoms with van der Waals surface area (Å²) in [5, 5.41) is 2.85. The number of amides is 1. The van der Waals surface area contributed by atoms with E-state index >= 15 is 0 Å². The molecule has 0 saturated carbocycles. The Balaban J connectivity index is 1.71. The zero-order valence-electron chi connectivity index (χ0n) is 16.2. The second kappa shape index (κ2) is 9.34. The van der Waals surface area contributed by atoms with Crippen LogP contribution in [-0.4, -0.2) is 27.2 Å². The number of hydrogen-bond donors (Lipinski definition) is 1. The van der Waals surface area contributed by atoms with Crippen LogP contribution < -0.4 is 24.3 Å². The lowest BCUT2D eigenvalue weighted by Crippen LogP contribution is -2.12. The lowest BCUT2D eigenvalue weighted by molar-refractivity contribution is 0.102. The van der Waals surface area contributed by atoms with Crippen LogP contribution in [-0.2, 0) is 0 Å². The first-order chi connectivity index (χ1) is 14.0. The minimum Gasteiger partial charge on any atom is -0.497 e. The topological polar surface area (TPSA) is 66.0 Å². The summed E-state index contributed by atoms with van der Waals surface area (Å²) in [5.74, 6) is 2.75. The number of anilines is 1. The van der Waals surface area contributed by atoms with Crippen LogP contribution in [0.25, 0.3) is 0 Å². The molecule has 0 saturated heterocycles. The number of hydrogen-bond acceptors (Lipinski definition) is 5. The zero-order valence-corrected chi connectivity index (χ0v) is 17.8. The summed E-state index contributed by atoms with van der Waals surface area (Å²) in [6.07, 6.45) is 0. The molecular weight excluding hydrogens is 438 g/mol. The summed E-state index contributed by atoms with van der Waals surface area (Å²) in [6.45, 7) is 0. The molecule has 3 rings (SSSR count). The van der Waals surface area contributed by atoms with Gasteiger partial charge in [-0.05, 0) is 64.5 Å². The lowest BCUT2D eigenvalue weighted by atomic mass is 10.1. The van der Waals surface area contributed by atoms with Gasteiger partial charge in [0.15, 0.2) is 11.5 Å². The Bertz CT molecular complexity index is 1000. The SMILES string of the molecule is COc1cccc(Oc2ccc(NC(=O)c3cc(Br)c(OC)c(OC)c3)cc2)c1. The Morgan fingerprint density at radius 2 is 1.55 bits per heavy atom. The fraction of sp³-hybridized carbons (Fsp3) is 0.136. The smallest absolute Gasteiger partial charge is 0.255 e. The number of benzene rings is 3. The van der Waals surface area contributed by atoms with Crippen LogP contribution in [0.15, 0.2) is 65.1 Å². The molecule has 0 radical (unpaired) electrons. The fourth-order valence-electron chi connectivity index (χ4n) is 2.66. The molecule has 3 aromatic rings. The molecule has 0 aromatic heterocycles. The van der Waals surface area contributed by atoms with Crippen molar-refractivity contribution in [1.82, 2.24) is 0 Å². The molecule has 0 aliphatic heterocycles. The molecule has 0 aliphatic carbocycles. The number of carbonyl (C=O) groups is 1. The Hall–Kier alpha value is -3.19. The van der Waals surface area contributed by atoms with E-state index in [1.165, 1.54) is 14.2 Å². The van der Waals surface area contributed by atoms with E-state index in [0.29, 0.717) is 44.5 Å². The van der Waals surface area contributed by atoms with Crippen molar-refractivity contribution >= 4 is 27.5 Å². The lowest BCUT2D eigenvalue weighted by Gasteiger charge is -2.12. The number of carbonyl (C=O) groups excluding carboxylic acids is 1. The van der Waals surface area contributed by atoms with Gasteiger partial charge >= 0.3 is 0 Å². The van der Waals surface area contributed by atoms with E-state index in [-0.39, 0.29) is 5.91 Å². The number of ether oxygens (including phenoxy) is 4. The molecule has 0 aliphatic rings. The fourth-order valence-corrected chi connectivity index (χ4v) is 3.26. The molecule has 0 spiro atoms. The molecule has 150 valence electrons. The third-order valence-electron chi connectivity index (χ3n) is 4.08. The van der Waals surface area contributed by atoms with Crippen LogP contribution in [0.1, 0.15) is 10.4 Å². The molecule has 0 atom stereocenters. The molecule has 0 fully saturated rings. The summed E-state index contributed by atoms with van der Waals surface area (Å²) in [6, 6.07) is 17.7. The van der Waals surface area contributed by atoms with Crippen LogP contribution in [0.5, 0.6) is 28.7 Å². The molecular formula is C22H20BrNO5. The van der Waals surface area contributed by atoms with E-state index in [0.717, 1.165) is 0 Å². The minimum absolute atomic E-state index is 0.270. The van der Waals surface area contributed by atoms with Crippen LogP contribution in [0.3, 0.4) is 0 Å². The van der Waals surface area contributed by atoms with Crippen molar-refractivity contribution in [2.24, 2.45) is 0 Å². The highest BCUT2D eigenvalue weighted by Gasteiger charge is 2.15. The highest BCUT2D eigenvalue weighted by atomic mass is 79.9. The van der Waals surface area contributed by atoms with Crippen molar-refractivity contribution in [2.75, 3.05) is 26.6 Å². The third kappa shape index (κ3) is 5.00. The second-order valence-electron chi connectivity index (χ2n) is 5.95. The summed E-state index contributed by atoms with van der Waals surface area (Å²) in [7, 11) is 4.66. The zero-order chi connectivity index (χ0) is 20.8. The van der Waals surface area contributed by atoms with E-state index in [2.05, 4.69) is 21.2 Å². The van der Waals surface area contributed by atoms with Gasteiger partial charge in [-0.2, -0.15) is 0 Å². The highest BCUT2D eigenvalue weighted by Crippen LogP contribution is 2.36. The maximum absolute atomic E-state index is 12.6. The summed E-state index contributed by atoms with van der Waals surface area (Å²) in [5.41, 5.74) is 1.07. The van der Waals surface area contributed by atoms with E-state index in [1.807, 2.05) is 18.2 Å². The van der Waals surface area contributed by atoms with Gasteiger partial charge in [0.05, 0.1) is 25.8 Å². The number of methoxy groups -OCH3 is 3. The maximum Gasteiger partial charge on any atom is 0.255 e. The van der Waals surface area contributed by atoms with Crippen molar-refractivity contribution in [3.63, 3.8) is 0 Å². The van der Waals surface area contributed by atoms with Crippen LogP contribution in [0.4, 0.5) is 5.69 Å². The monoisotopic (exact) mass is 457 g/mol. The Morgan fingerprint density at radius 3 is 2.21 bits per heavy atom. The highest BCUT2D eigenvalue weighted by molar-refractivity contribution is 9.10. The number of rotatable bonds is 7. The van der Waals surface area contributed by atoms with Gasteiger partial charge in [-0.15, -0.1) is 0 Å². The first-order valence-electron chi connectivity index (χ1n) is 8.69. The second-order valence-corrected chi connectivity index (χ2v) is 6.81. The first kappa shape index (κ1) is 20.5. The molecule has 1 amide bonds. The standard InChI is InChI=1S/C22H20BrNO5/c1-26-17-5-4-6-18(13-17)29-16-9-7-15(8-10-16)24-22(25)14-11-19(23)21(28-3)20(12-14)27-2/h4-13H,1-3H3,(H,24,25). The number of halogens is 1. The molecule has 3 aromatic carbocycles. The largest absolute Gasteiger partial charge is 0.497 e. The normalized spacial score (nSPS) is 10.2. The number of nitrogens with one attached hydrogen (secondary N) is 1. The predicted molar refractivity (Wildman–Crippen MR) is 115 cm³/mol. The first-order valence-corrected chi connectivity index (χ1v) is 9.48. The van der Waals surface area contributed by atoms with Crippen molar-refractivity contribution < 1.29 is 23.7 Å². The molecule has 0 bridgehead atoms. The van der Waals surface area contributed by atoms with E-state index in [9.17, 15) is 4.79 Å². The molecule has 0 unspecified atom stereocenters. The van der Waals surface area contributed by atoms with E-state index in [4.69, 9.17) is 18.9 Å². The quantitative estimate of drug-likeness (QED) is 0.505. The van der Waals surface area contributed by atoms with Crippen molar-refractivity contribution in [3.8, 4) is 28.7 Å². The minimum atomic E-state index is -0.270. The van der Waals surface area contributed by atoms with Crippen LogP contribution in [0.2, 0.25) is 0 Å². The Kier molecular flexibility index (Phi) is 6.61. The van der Waals surface area contributed by atoms with Gasteiger partial charge in [-0.1, -0.05) is 6.07 Å². The van der Waals surface area contributed by atoms with Gasteiger partial charge in [0.1, 0.15) is 17.2 Å². The summed E-state index contributed by atoms with van der Waals surface area (Å²) < 4.78 is 22.2. The molecule has 7 heteroatoms. The molecule has 29 heavy (non-hydrogen) atoms. The van der Waals surface area contributed by atoms with Crippen molar-refractivity contribution in [3.05, 3.63) is 70.7 Å². The average Bonchev–Trinajstić information content (AvgIpc) is 2.74. The Morgan fingerprint density at radius 1 is 0.828 bits per heavy atom. The molecule has 1 N–H and O–H groups in total. The average molecular weight is 458 g/mol. The van der Waals surface area contributed by atoms with Gasteiger partial charge in [0.25, 0.3) is 5.91 Å². The Labute approximate surface area is 177 Å². The van der Waals surface area contributed by atoms with Gasteiger partial charge in [-0.25, -0.2) is 0 Å². The van der Waals surface area contributed by atoms with Gasteiger partial charge < -0.3 is 24.3 Å². The van der Waals surface area contributed by atoms with Crippen molar-refractivity contribution in [2.45, 2.75) is 0 Å². The van der Waals surface area contributed by atoms with Gasteiger partial charge in [0.2, 0.25) is 0 Å². The van der Waals surface area contributed by atoms with Crippen molar-refractivity contribution in [1.29, 1.82) is 0 Å². The van der Waals surface area contributed by atoms with Crippen LogP contribution in [0, 0.1) is 0 Å². The maximum atomic E-state index is 12.6. The molecule has 6 nitrogen and oxygen atoms in total. The predicted octanol–water partition coefficient (Wildman–Crippen LogP) is 5.52. The van der Waals surface area contributed by atoms with E-state index < -0.39 is 0 Å². The third-order valence-corrected chi connectivity index (χ3v) is 4.67. The van der Waals surface area contributed by atoms with Gasteiger partial charge in [0, 0.05) is 17.3 Å².